The molecule has 7 heteroatoms. The van der Waals surface area contributed by atoms with E-state index in [0.717, 1.165) is 44.9 Å². The lowest BCUT2D eigenvalue weighted by molar-refractivity contribution is -0.146. The second-order valence-electron chi connectivity index (χ2n) is 7.65. The van der Waals surface area contributed by atoms with Crippen LogP contribution in [0.25, 0.3) is 0 Å². The van der Waals surface area contributed by atoms with Gasteiger partial charge in [-0.1, -0.05) is 12.8 Å². The highest BCUT2D eigenvalue weighted by Crippen LogP contribution is 2.43. The summed E-state index contributed by atoms with van der Waals surface area (Å²) in [5, 5.41) is 9.06. The van der Waals surface area contributed by atoms with E-state index in [-0.39, 0.29) is 29.8 Å². The molecule has 2 rings (SSSR count). The van der Waals surface area contributed by atoms with E-state index in [2.05, 4.69) is 0 Å². The third kappa shape index (κ3) is 4.96. The van der Waals surface area contributed by atoms with E-state index in [1.807, 2.05) is 4.90 Å². The van der Waals surface area contributed by atoms with Crippen LogP contribution in [-0.4, -0.2) is 72.1 Å². The van der Waals surface area contributed by atoms with Crippen LogP contribution in [0.4, 0.5) is 0 Å². The van der Waals surface area contributed by atoms with Gasteiger partial charge in [0.1, 0.15) is 6.54 Å². The summed E-state index contributed by atoms with van der Waals surface area (Å²) in [6.07, 6.45) is 6.95. The molecular weight excluding hydrogens is 336 g/mol. The summed E-state index contributed by atoms with van der Waals surface area (Å²) in [6.45, 7) is 3.00. The van der Waals surface area contributed by atoms with E-state index in [9.17, 15) is 14.4 Å². The van der Waals surface area contributed by atoms with Gasteiger partial charge in [-0.3, -0.25) is 14.4 Å². The summed E-state index contributed by atoms with van der Waals surface area (Å²) < 4.78 is 5.23. The number of carbonyl (C=O) groups is 3. The van der Waals surface area contributed by atoms with Crippen molar-refractivity contribution in [2.24, 2.45) is 5.41 Å². The minimum absolute atomic E-state index is 0.111. The number of hydrogen-bond acceptors (Lipinski definition) is 4. The van der Waals surface area contributed by atoms with Gasteiger partial charge in [0.25, 0.3) is 0 Å². The van der Waals surface area contributed by atoms with Crippen molar-refractivity contribution in [1.82, 2.24) is 9.80 Å². The number of ether oxygens (including phenoxy) is 1. The Kier molecular flexibility index (Phi) is 7.43. The molecule has 1 heterocycles. The molecule has 0 aromatic carbocycles. The molecule has 1 saturated heterocycles. The number of carboxylic acids is 1. The average Bonchev–Trinajstić information content (AvgIpc) is 2.95. The second kappa shape index (κ2) is 9.35. The number of aliphatic carboxylic acids is 1. The molecule has 1 N–H and O–H groups in total. The number of nitrogens with zero attached hydrogens (tertiary/aromatic N) is 2. The van der Waals surface area contributed by atoms with Gasteiger partial charge in [-0.2, -0.15) is 0 Å². The van der Waals surface area contributed by atoms with Crippen LogP contribution in [-0.2, 0) is 19.1 Å². The van der Waals surface area contributed by atoms with Crippen LogP contribution in [0.15, 0.2) is 0 Å². The maximum atomic E-state index is 13.3. The van der Waals surface area contributed by atoms with Crippen molar-refractivity contribution in [2.75, 3.05) is 33.4 Å². The zero-order chi connectivity index (χ0) is 19.2. The van der Waals surface area contributed by atoms with E-state index in [1.54, 1.807) is 7.11 Å². The number of methoxy groups -OCH3 is 1. The number of rotatable bonds is 7. The molecule has 2 aliphatic rings. The lowest BCUT2D eigenvalue weighted by atomic mass is 9.81. The van der Waals surface area contributed by atoms with Gasteiger partial charge in [-0.25, -0.2) is 0 Å². The van der Waals surface area contributed by atoms with E-state index in [4.69, 9.17) is 9.84 Å². The first-order valence-electron chi connectivity index (χ1n) is 9.67. The van der Waals surface area contributed by atoms with Crippen LogP contribution in [0, 0.1) is 5.41 Å². The molecule has 7 nitrogen and oxygen atoms in total. The fourth-order valence-electron chi connectivity index (χ4n) is 4.49. The van der Waals surface area contributed by atoms with Crippen molar-refractivity contribution in [1.29, 1.82) is 0 Å². The SMILES string of the molecule is COCCC1(C(=O)N2CCCC(N(CC(=O)O)C(C)=O)CC2)CCCC1. The van der Waals surface area contributed by atoms with Crippen molar-refractivity contribution in [3.8, 4) is 0 Å². The molecule has 2 amide bonds. The van der Waals surface area contributed by atoms with Gasteiger partial charge in [0.05, 0.1) is 5.41 Å². The largest absolute Gasteiger partial charge is 0.480 e. The van der Waals surface area contributed by atoms with Crippen molar-refractivity contribution in [3.05, 3.63) is 0 Å². The Bertz CT molecular complexity index is 516. The maximum absolute atomic E-state index is 13.3. The maximum Gasteiger partial charge on any atom is 0.323 e. The van der Waals surface area contributed by atoms with Gasteiger partial charge in [0.2, 0.25) is 11.8 Å². The lowest BCUT2D eigenvalue weighted by Gasteiger charge is -2.34. The molecule has 26 heavy (non-hydrogen) atoms. The topological polar surface area (TPSA) is 87.2 Å². The molecular formula is C19H32N2O5. The minimum Gasteiger partial charge on any atom is -0.480 e. The summed E-state index contributed by atoms with van der Waals surface area (Å²) in [6, 6.07) is -0.111. The number of likely N-dealkylation sites (tertiary alicyclic amines) is 1. The molecule has 1 atom stereocenters. The Morgan fingerprint density at radius 3 is 2.42 bits per heavy atom. The quantitative estimate of drug-likeness (QED) is 0.742. The third-order valence-electron chi connectivity index (χ3n) is 5.93. The van der Waals surface area contributed by atoms with Crippen LogP contribution >= 0.6 is 0 Å². The van der Waals surface area contributed by atoms with Gasteiger partial charge in [0.15, 0.2) is 0 Å². The predicted molar refractivity (Wildman–Crippen MR) is 96.6 cm³/mol. The highest BCUT2D eigenvalue weighted by Gasteiger charge is 2.43. The highest BCUT2D eigenvalue weighted by atomic mass is 16.5. The van der Waals surface area contributed by atoms with E-state index >= 15 is 0 Å². The standard InChI is InChI=1S/C19H32N2O5/c1-15(22)21(14-17(23)24)16-6-5-11-20(12-7-16)18(25)19(10-13-26-2)8-3-4-9-19/h16H,3-14H2,1-2H3,(H,23,24). The van der Waals surface area contributed by atoms with Crippen molar-refractivity contribution >= 4 is 17.8 Å². The third-order valence-corrected chi connectivity index (χ3v) is 5.93. The molecule has 1 aliphatic heterocycles. The summed E-state index contributed by atoms with van der Waals surface area (Å²) in [7, 11) is 1.67. The Balaban J connectivity index is 2.03. The molecule has 0 spiro atoms. The fraction of sp³-hybridized carbons (Fsp3) is 0.842. The first kappa shape index (κ1) is 20.7. The Morgan fingerprint density at radius 1 is 1.15 bits per heavy atom. The van der Waals surface area contributed by atoms with Crippen LogP contribution in [0.5, 0.6) is 0 Å². The van der Waals surface area contributed by atoms with Gasteiger partial charge >= 0.3 is 5.97 Å². The first-order chi connectivity index (χ1) is 12.4. The van der Waals surface area contributed by atoms with Gasteiger partial charge in [-0.05, 0) is 38.5 Å². The Morgan fingerprint density at radius 2 is 1.85 bits per heavy atom. The molecule has 0 radical (unpaired) electrons. The molecule has 2 fully saturated rings. The smallest absolute Gasteiger partial charge is 0.323 e. The zero-order valence-corrected chi connectivity index (χ0v) is 16.0. The summed E-state index contributed by atoms with van der Waals surface area (Å²) in [5.41, 5.74) is -0.294. The first-order valence-corrected chi connectivity index (χ1v) is 9.67. The minimum atomic E-state index is -0.998. The zero-order valence-electron chi connectivity index (χ0n) is 16.0. The highest BCUT2D eigenvalue weighted by molar-refractivity contribution is 5.83. The van der Waals surface area contributed by atoms with Crippen LogP contribution < -0.4 is 0 Å². The number of carboxylic acid groups (broad SMARTS) is 1. The van der Waals surface area contributed by atoms with Crippen LogP contribution in [0.3, 0.4) is 0 Å². The molecule has 148 valence electrons. The molecule has 0 bridgehead atoms. The number of carbonyl (C=O) groups excluding carboxylic acids is 2. The van der Waals surface area contributed by atoms with E-state index in [1.165, 1.54) is 11.8 Å². The number of hydrogen-bond donors (Lipinski definition) is 1. The van der Waals surface area contributed by atoms with Crippen molar-refractivity contribution in [2.45, 2.75) is 64.3 Å². The molecule has 1 aliphatic carbocycles. The predicted octanol–water partition coefficient (Wildman–Crippen LogP) is 1.90. The second-order valence-corrected chi connectivity index (χ2v) is 7.65. The van der Waals surface area contributed by atoms with Crippen LogP contribution in [0.1, 0.15) is 58.3 Å². The molecule has 1 unspecified atom stereocenters. The molecule has 0 aromatic rings. The normalized spacial score (nSPS) is 22.7. The van der Waals surface area contributed by atoms with Crippen LogP contribution in [0.2, 0.25) is 0 Å². The monoisotopic (exact) mass is 368 g/mol. The summed E-state index contributed by atoms with van der Waals surface area (Å²) >= 11 is 0. The van der Waals surface area contributed by atoms with E-state index < -0.39 is 5.97 Å². The van der Waals surface area contributed by atoms with Gasteiger partial charge in [0, 0.05) is 39.8 Å². The van der Waals surface area contributed by atoms with Crippen molar-refractivity contribution < 1.29 is 24.2 Å². The Labute approximate surface area is 155 Å². The molecule has 1 saturated carbocycles. The lowest BCUT2D eigenvalue weighted by Crippen LogP contribution is -2.45. The Hall–Kier alpha value is -1.63. The fourth-order valence-corrected chi connectivity index (χ4v) is 4.49. The summed E-state index contributed by atoms with van der Waals surface area (Å²) in [4.78, 5) is 39.6. The average molecular weight is 368 g/mol. The van der Waals surface area contributed by atoms with Gasteiger partial charge < -0.3 is 19.6 Å². The molecule has 0 aromatic heterocycles. The van der Waals surface area contributed by atoms with E-state index in [0.29, 0.717) is 26.1 Å². The van der Waals surface area contributed by atoms with Gasteiger partial charge in [-0.15, -0.1) is 0 Å². The van der Waals surface area contributed by atoms with Crippen molar-refractivity contribution in [3.63, 3.8) is 0 Å². The summed E-state index contributed by atoms with van der Waals surface area (Å²) in [5.74, 6) is -0.994. The number of amides is 2.